The quantitative estimate of drug-likeness (QED) is 0.827. The second kappa shape index (κ2) is 6.90. The number of hydrogen-bond donors (Lipinski definition) is 2. The van der Waals surface area contributed by atoms with Crippen LogP contribution in [0.2, 0.25) is 0 Å². The normalized spacial score (nSPS) is 25.4. The molecule has 1 aliphatic heterocycles. The van der Waals surface area contributed by atoms with Gasteiger partial charge in [0.25, 0.3) is 0 Å². The predicted octanol–water partition coefficient (Wildman–Crippen LogP) is 1.91. The van der Waals surface area contributed by atoms with Gasteiger partial charge in [-0.2, -0.15) is 0 Å². The lowest BCUT2D eigenvalue weighted by Crippen LogP contribution is -2.44. The van der Waals surface area contributed by atoms with Crippen LogP contribution < -0.4 is 5.73 Å². The standard InChI is InChI=1S/C16H30N2O2/c1-13(19)14-5-9-18(10-6-14)15(20)11-16(12-17)7-3-2-4-8-16/h13-14,19H,2-12,17H2,1H3. The van der Waals surface area contributed by atoms with Gasteiger partial charge in [-0.15, -0.1) is 0 Å². The minimum atomic E-state index is -0.249. The summed E-state index contributed by atoms with van der Waals surface area (Å²) in [5, 5.41) is 9.62. The molecule has 1 saturated heterocycles. The highest BCUT2D eigenvalue weighted by Gasteiger charge is 2.35. The van der Waals surface area contributed by atoms with Crippen LogP contribution in [0.15, 0.2) is 0 Å². The summed E-state index contributed by atoms with van der Waals surface area (Å²) < 4.78 is 0. The third-order valence-electron chi connectivity index (χ3n) is 5.45. The van der Waals surface area contributed by atoms with Crippen molar-refractivity contribution in [3.8, 4) is 0 Å². The molecular weight excluding hydrogens is 252 g/mol. The Morgan fingerprint density at radius 2 is 1.90 bits per heavy atom. The van der Waals surface area contributed by atoms with Crippen molar-refractivity contribution in [1.82, 2.24) is 4.90 Å². The molecule has 0 aromatic rings. The Morgan fingerprint density at radius 3 is 2.40 bits per heavy atom. The molecule has 1 unspecified atom stereocenters. The minimum Gasteiger partial charge on any atom is -0.393 e. The molecule has 0 spiro atoms. The summed E-state index contributed by atoms with van der Waals surface area (Å²) in [5.41, 5.74) is 6.04. The van der Waals surface area contributed by atoms with Crippen molar-refractivity contribution >= 4 is 5.91 Å². The number of hydrogen-bond acceptors (Lipinski definition) is 3. The van der Waals surface area contributed by atoms with Crippen molar-refractivity contribution in [1.29, 1.82) is 0 Å². The maximum Gasteiger partial charge on any atom is 0.223 e. The molecule has 1 aliphatic carbocycles. The number of piperidine rings is 1. The van der Waals surface area contributed by atoms with Gasteiger partial charge >= 0.3 is 0 Å². The van der Waals surface area contributed by atoms with E-state index in [9.17, 15) is 9.90 Å². The molecule has 116 valence electrons. The second-order valence-corrected chi connectivity index (χ2v) is 6.90. The number of carbonyl (C=O) groups is 1. The van der Waals surface area contributed by atoms with Crippen LogP contribution in [0.4, 0.5) is 0 Å². The zero-order valence-corrected chi connectivity index (χ0v) is 12.8. The molecule has 4 nitrogen and oxygen atoms in total. The topological polar surface area (TPSA) is 66.6 Å². The molecule has 2 aliphatic rings. The lowest BCUT2D eigenvalue weighted by molar-refractivity contribution is -0.136. The molecule has 2 fully saturated rings. The molecule has 0 bridgehead atoms. The maximum absolute atomic E-state index is 12.5. The summed E-state index contributed by atoms with van der Waals surface area (Å²) in [7, 11) is 0. The van der Waals surface area contributed by atoms with Crippen LogP contribution in [0.3, 0.4) is 0 Å². The average molecular weight is 282 g/mol. The number of carbonyl (C=O) groups excluding carboxylic acids is 1. The molecule has 0 aromatic heterocycles. The smallest absolute Gasteiger partial charge is 0.223 e. The molecule has 0 aromatic carbocycles. The van der Waals surface area contributed by atoms with Crippen molar-refractivity contribution in [3.63, 3.8) is 0 Å². The first-order valence-corrected chi connectivity index (χ1v) is 8.22. The van der Waals surface area contributed by atoms with Crippen molar-refractivity contribution in [2.75, 3.05) is 19.6 Å². The first-order valence-electron chi connectivity index (χ1n) is 8.22. The van der Waals surface area contributed by atoms with Gasteiger partial charge < -0.3 is 15.7 Å². The molecule has 4 heteroatoms. The average Bonchev–Trinajstić information content (AvgIpc) is 2.48. The third kappa shape index (κ3) is 3.73. The molecule has 1 heterocycles. The largest absolute Gasteiger partial charge is 0.393 e. The van der Waals surface area contributed by atoms with Crippen LogP contribution >= 0.6 is 0 Å². The Hall–Kier alpha value is -0.610. The van der Waals surface area contributed by atoms with Gasteiger partial charge in [-0.05, 0) is 50.5 Å². The lowest BCUT2D eigenvalue weighted by atomic mass is 9.71. The maximum atomic E-state index is 12.5. The minimum absolute atomic E-state index is 0.0659. The van der Waals surface area contributed by atoms with Crippen LogP contribution in [-0.2, 0) is 4.79 Å². The molecule has 1 atom stereocenters. The monoisotopic (exact) mass is 282 g/mol. The van der Waals surface area contributed by atoms with E-state index in [1.807, 2.05) is 11.8 Å². The summed E-state index contributed by atoms with van der Waals surface area (Å²) in [6.07, 6.45) is 8.18. The molecule has 1 amide bonds. The Balaban J connectivity index is 1.85. The molecule has 20 heavy (non-hydrogen) atoms. The molecule has 3 N–H and O–H groups in total. The zero-order chi connectivity index (χ0) is 14.6. The number of nitrogens with zero attached hydrogens (tertiary/aromatic N) is 1. The number of nitrogens with two attached hydrogens (primary N) is 1. The van der Waals surface area contributed by atoms with Gasteiger partial charge in [-0.1, -0.05) is 19.3 Å². The highest BCUT2D eigenvalue weighted by Crippen LogP contribution is 2.39. The van der Waals surface area contributed by atoms with Crippen molar-refractivity contribution in [2.45, 2.75) is 64.4 Å². The van der Waals surface area contributed by atoms with Crippen LogP contribution in [0.1, 0.15) is 58.3 Å². The van der Waals surface area contributed by atoms with E-state index in [2.05, 4.69) is 0 Å². The molecule has 2 rings (SSSR count). The summed E-state index contributed by atoms with van der Waals surface area (Å²) in [6.45, 7) is 4.10. The summed E-state index contributed by atoms with van der Waals surface area (Å²) >= 11 is 0. The van der Waals surface area contributed by atoms with Crippen LogP contribution in [0.25, 0.3) is 0 Å². The van der Waals surface area contributed by atoms with E-state index in [0.29, 0.717) is 18.9 Å². The summed E-state index contributed by atoms with van der Waals surface area (Å²) in [4.78, 5) is 14.5. The van der Waals surface area contributed by atoms with Gasteiger partial charge in [0.15, 0.2) is 0 Å². The zero-order valence-electron chi connectivity index (χ0n) is 12.8. The van der Waals surface area contributed by atoms with E-state index < -0.39 is 0 Å². The fourth-order valence-corrected chi connectivity index (χ4v) is 3.82. The number of likely N-dealkylation sites (tertiary alicyclic amines) is 1. The van der Waals surface area contributed by atoms with Gasteiger partial charge in [0.2, 0.25) is 5.91 Å². The predicted molar refractivity (Wildman–Crippen MR) is 80.2 cm³/mol. The Bertz CT molecular complexity index is 316. The Kier molecular flexibility index (Phi) is 5.44. The van der Waals surface area contributed by atoms with E-state index >= 15 is 0 Å². The second-order valence-electron chi connectivity index (χ2n) is 6.90. The van der Waals surface area contributed by atoms with E-state index in [1.54, 1.807) is 0 Å². The van der Waals surface area contributed by atoms with E-state index in [-0.39, 0.29) is 17.4 Å². The van der Waals surface area contributed by atoms with Gasteiger partial charge in [0.05, 0.1) is 6.10 Å². The number of aliphatic hydroxyl groups excluding tert-OH is 1. The summed E-state index contributed by atoms with van der Waals surface area (Å²) in [5.74, 6) is 0.638. The van der Waals surface area contributed by atoms with Crippen LogP contribution in [0.5, 0.6) is 0 Å². The third-order valence-corrected chi connectivity index (χ3v) is 5.45. The Morgan fingerprint density at radius 1 is 1.30 bits per heavy atom. The highest BCUT2D eigenvalue weighted by molar-refractivity contribution is 5.77. The van der Waals surface area contributed by atoms with Crippen molar-refractivity contribution in [3.05, 3.63) is 0 Å². The van der Waals surface area contributed by atoms with Gasteiger partial charge in [0.1, 0.15) is 0 Å². The number of aliphatic hydroxyl groups is 1. The van der Waals surface area contributed by atoms with Gasteiger partial charge in [-0.25, -0.2) is 0 Å². The number of rotatable bonds is 4. The van der Waals surface area contributed by atoms with E-state index in [4.69, 9.17) is 5.73 Å². The van der Waals surface area contributed by atoms with E-state index in [0.717, 1.165) is 38.8 Å². The first kappa shape index (κ1) is 15.8. The molecular formula is C16H30N2O2. The number of amides is 1. The Labute approximate surface area is 122 Å². The van der Waals surface area contributed by atoms with Crippen molar-refractivity contribution < 1.29 is 9.90 Å². The fourth-order valence-electron chi connectivity index (χ4n) is 3.82. The highest BCUT2D eigenvalue weighted by atomic mass is 16.3. The van der Waals surface area contributed by atoms with Crippen LogP contribution in [0, 0.1) is 11.3 Å². The molecule has 0 radical (unpaired) electrons. The SMILES string of the molecule is CC(O)C1CCN(C(=O)CC2(CN)CCCCC2)CC1. The van der Waals surface area contributed by atoms with Crippen molar-refractivity contribution in [2.24, 2.45) is 17.1 Å². The molecule has 1 saturated carbocycles. The fraction of sp³-hybridized carbons (Fsp3) is 0.938. The first-order chi connectivity index (χ1) is 9.56. The van der Waals surface area contributed by atoms with Gasteiger partial charge in [0, 0.05) is 19.5 Å². The lowest BCUT2D eigenvalue weighted by Gasteiger charge is -2.39. The van der Waals surface area contributed by atoms with Gasteiger partial charge in [-0.3, -0.25) is 4.79 Å². The van der Waals surface area contributed by atoms with Crippen LogP contribution in [-0.4, -0.2) is 41.7 Å². The summed E-state index contributed by atoms with van der Waals surface area (Å²) in [6, 6.07) is 0. The van der Waals surface area contributed by atoms with E-state index in [1.165, 1.54) is 19.3 Å².